The zero-order chi connectivity index (χ0) is 20.7. The van der Waals surface area contributed by atoms with Crippen LogP contribution in [0.15, 0.2) is 54.6 Å². The van der Waals surface area contributed by atoms with Crippen molar-refractivity contribution in [3.05, 3.63) is 71.3 Å². The molecule has 158 valence electrons. The molecule has 2 aromatic carbocycles. The van der Waals surface area contributed by atoms with Gasteiger partial charge in [-0.1, -0.05) is 100 Å². The van der Waals surface area contributed by atoms with Gasteiger partial charge in [-0.05, 0) is 42.4 Å². The van der Waals surface area contributed by atoms with E-state index in [1.807, 2.05) is 0 Å². The van der Waals surface area contributed by atoms with Crippen LogP contribution in [0.1, 0.15) is 87.3 Å². The summed E-state index contributed by atoms with van der Waals surface area (Å²) < 4.78 is 4.57. The Morgan fingerprint density at radius 1 is 0.862 bits per heavy atom. The predicted molar refractivity (Wildman–Crippen MR) is 120 cm³/mol. The summed E-state index contributed by atoms with van der Waals surface area (Å²) in [6.45, 7) is 2.57. The fourth-order valence-corrected chi connectivity index (χ4v) is 3.99. The molecule has 3 nitrogen and oxygen atoms in total. The summed E-state index contributed by atoms with van der Waals surface area (Å²) in [7, 11) is 0. The van der Waals surface area contributed by atoms with Crippen LogP contribution in [0.4, 0.5) is 4.79 Å². The number of hydrogen-bond acceptors (Lipinski definition) is 2. The van der Waals surface area contributed by atoms with Crippen LogP contribution in [-0.4, -0.2) is 17.9 Å². The van der Waals surface area contributed by atoms with Crippen molar-refractivity contribution in [2.45, 2.75) is 77.0 Å². The summed E-state index contributed by atoms with van der Waals surface area (Å²) in [4.78, 5) is 10.4. The second-order valence-corrected chi connectivity index (χ2v) is 7.79. The molecule has 2 rings (SSSR count). The van der Waals surface area contributed by atoms with Gasteiger partial charge in [0.15, 0.2) is 0 Å². The Labute approximate surface area is 176 Å². The lowest BCUT2D eigenvalue weighted by Crippen LogP contribution is -2.05. The summed E-state index contributed by atoms with van der Waals surface area (Å²) in [5, 5.41) is 8.50. The molecule has 1 unspecified atom stereocenters. The Kier molecular flexibility index (Phi) is 11.0. The standard InChI is InChI=1S/C26H36O3/c1-2-3-8-15-22-18-12-13-20-25(22)24(23-16-9-7-10-17-23)19-11-5-4-6-14-21-29-26(27)28/h7,9-10,12-13,16-18,20,24H,2-6,8,11,14-15,19,21H2,1H3,(H,27,28). The van der Waals surface area contributed by atoms with Crippen molar-refractivity contribution in [3.63, 3.8) is 0 Å². The first-order chi connectivity index (χ1) is 14.2. The lowest BCUT2D eigenvalue weighted by Gasteiger charge is -2.21. The molecule has 29 heavy (non-hydrogen) atoms. The van der Waals surface area contributed by atoms with E-state index in [0.717, 1.165) is 32.1 Å². The second-order valence-electron chi connectivity index (χ2n) is 7.79. The Hall–Kier alpha value is -2.29. The first-order valence-electron chi connectivity index (χ1n) is 11.2. The monoisotopic (exact) mass is 396 g/mol. The molecule has 0 saturated carbocycles. The smallest absolute Gasteiger partial charge is 0.450 e. The highest BCUT2D eigenvalue weighted by atomic mass is 16.7. The molecule has 3 heteroatoms. The third-order valence-corrected chi connectivity index (χ3v) is 5.54. The summed E-state index contributed by atoms with van der Waals surface area (Å²) in [5.41, 5.74) is 4.40. The summed E-state index contributed by atoms with van der Waals surface area (Å²) in [6.07, 6.45) is 10.3. The normalized spacial score (nSPS) is 11.9. The van der Waals surface area contributed by atoms with Gasteiger partial charge < -0.3 is 9.84 Å². The quantitative estimate of drug-likeness (QED) is 0.264. The molecule has 2 aromatic rings. The number of hydrogen-bond donors (Lipinski definition) is 1. The minimum Gasteiger partial charge on any atom is -0.450 e. The van der Waals surface area contributed by atoms with Crippen molar-refractivity contribution >= 4 is 6.16 Å². The molecule has 0 bridgehead atoms. The highest BCUT2D eigenvalue weighted by molar-refractivity contribution is 5.56. The molecule has 0 saturated heterocycles. The number of carboxylic acid groups (broad SMARTS) is 1. The molecule has 0 spiro atoms. The zero-order valence-electron chi connectivity index (χ0n) is 17.8. The van der Waals surface area contributed by atoms with E-state index < -0.39 is 6.16 Å². The van der Waals surface area contributed by atoms with Gasteiger partial charge in [0.1, 0.15) is 0 Å². The lowest BCUT2D eigenvalue weighted by molar-refractivity contribution is 0.0899. The highest BCUT2D eigenvalue weighted by Crippen LogP contribution is 2.33. The SMILES string of the molecule is CCCCCc1ccccc1C(CCCCCCCOC(=O)O)c1ccccc1. The Balaban J connectivity index is 1.94. The van der Waals surface area contributed by atoms with E-state index in [0.29, 0.717) is 12.5 Å². The average Bonchev–Trinajstić information content (AvgIpc) is 2.74. The van der Waals surface area contributed by atoms with Gasteiger partial charge in [-0.2, -0.15) is 0 Å². The Morgan fingerprint density at radius 3 is 2.31 bits per heavy atom. The summed E-state index contributed by atoms with van der Waals surface area (Å²) in [6, 6.07) is 19.9. The molecular weight excluding hydrogens is 360 g/mol. The summed E-state index contributed by atoms with van der Waals surface area (Å²) >= 11 is 0. The lowest BCUT2D eigenvalue weighted by atomic mass is 9.83. The van der Waals surface area contributed by atoms with Crippen LogP contribution in [0, 0.1) is 0 Å². The van der Waals surface area contributed by atoms with Crippen molar-refractivity contribution in [2.75, 3.05) is 6.61 Å². The summed E-state index contributed by atoms with van der Waals surface area (Å²) in [5.74, 6) is 0.448. The van der Waals surface area contributed by atoms with Crippen LogP contribution < -0.4 is 0 Å². The number of benzene rings is 2. The molecule has 0 aliphatic rings. The van der Waals surface area contributed by atoms with Crippen molar-refractivity contribution in [2.24, 2.45) is 0 Å². The van der Waals surface area contributed by atoms with E-state index in [-0.39, 0.29) is 0 Å². The molecule has 1 atom stereocenters. The molecule has 1 N–H and O–H groups in total. The Bertz CT molecular complexity index is 696. The van der Waals surface area contributed by atoms with E-state index in [1.54, 1.807) is 0 Å². The van der Waals surface area contributed by atoms with Crippen LogP contribution in [0.25, 0.3) is 0 Å². The van der Waals surface area contributed by atoms with Gasteiger partial charge in [-0.3, -0.25) is 0 Å². The van der Waals surface area contributed by atoms with Crippen molar-refractivity contribution in [3.8, 4) is 0 Å². The fraction of sp³-hybridized carbons (Fsp3) is 0.500. The molecule has 0 heterocycles. The van der Waals surface area contributed by atoms with E-state index >= 15 is 0 Å². The van der Waals surface area contributed by atoms with Crippen LogP contribution >= 0.6 is 0 Å². The average molecular weight is 397 g/mol. The van der Waals surface area contributed by atoms with E-state index in [4.69, 9.17) is 5.11 Å². The zero-order valence-corrected chi connectivity index (χ0v) is 17.8. The highest BCUT2D eigenvalue weighted by Gasteiger charge is 2.16. The van der Waals surface area contributed by atoms with E-state index in [2.05, 4.69) is 66.3 Å². The minimum absolute atomic E-state index is 0.313. The number of ether oxygens (including phenoxy) is 1. The van der Waals surface area contributed by atoms with Gasteiger partial charge in [0.25, 0.3) is 0 Å². The first-order valence-corrected chi connectivity index (χ1v) is 11.2. The van der Waals surface area contributed by atoms with Gasteiger partial charge >= 0.3 is 6.16 Å². The molecule has 0 fully saturated rings. The van der Waals surface area contributed by atoms with Crippen molar-refractivity contribution in [1.29, 1.82) is 0 Å². The maximum Gasteiger partial charge on any atom is 0.505 e. The van der Waals surface area contributed by atoms with Crippen LogP contribution in [0.2, 0.25) is 0 Å². The molecular formula is C26H36O3. The molecule has 0 aliphatic carbocycles. The molecule has 0 radical (unpaired) electrons. The predicted octanol–water partition coefficient (Wildman–Crippen LogP) is 7.59. The fourth-order valence-electron chi connectivity index (χ4n) is 3.99. The van der Waals surface area contributed by atoms with E-state index in [9.17, 15) is 4.79 Å². The van der Waals surface area contributed by atoms with Crippen molar-refractivity contribution < 1.29 is 14.6 Å². The van der Waals surface area contributed by atoms with Gasteiger partial charge in [0, 0.05) is 5.92 Å². The number of rotatable bonds is 14. The van der Waals surface area contributed by atoms with Gasteiger partial charge in [-0.25, -0.2) is 4.79 Å². The van der Waals surface area contributed by atoms with Crippen LogP contribution in [-0.2, 0) is 11.2 Å². The number of carbonyl (C=O) groups is 1. The third kappa shape index (κ3) is 8.72. The van der Waals surface area contributed by atoms with Gasteiger partial charge in [0.05, 0.1) is 6.61 Å². The van der Waals surface area contributed by atoms with Crippen LogP contribution in [0.3, 0.4) is 0 Å². The molecule has 0 aromatic heterocycles. The maximum atomic E-state index is 10.4. The minimum atomic E-state index is -1.17. The van der Waals surface area contributed by atoms with E-state index in [1.165, 1.54) is 48.8 Å². The largest absolute Gasteiger partial charge is 0.505 e. The first kappa shape index (κ1) is 23.0. The Morgan fingerprint density at radius 2 is 1.55 bits per heavy atom. The second kappa shape index (κ2) is 13.8. The number of aryl methyl sites for hydroxylation is 1. The molecule has 0 amide bonds. The number of unbranched alkanes of at least 4 members (excludes halogenated alkanes) is 6. The van der Waals surface area contributed by atoms with Crippen molar-refractivity contribution in [1.82, 2.24) is 0 Å². The van der Waals surface area contributed by atoms with Crippen LogP contribution in [0.5, 0.6) is 0 Å². The molecule has 0 aliphatic heterocycles. The topological polar surface area (TPSA) is 46.5 Å². The maximum absolute atomic E-state index is 10.4. The van der Waals surface area contributed by atoms with Gasteiger partial charge in [-0.15, -0.1) is 0 Å². The third-order valence-electron chi connectivity index (χ3n) is 5.54. The van der Waals surface area contributed by atoms with Gasteiger partial charge in [0.2, 0.25) is 0 Å².